The number of nitro groups is 1. The Labute approximate surface area is 128 Å². The third-order valence-electron chi connectivity index (χ3n) is 4.22. The normalized spacial score (nSPS) is 17.6. The highest BCUT2D eigenvalue weighted by Crippen LogP contribution is 2.38. The van der Waals surface area contributed by atoms with Crippen LogP contribution in [-0.4, -0.2) is 22.5 Å². The minimum absolute atomic E-state index is 0.232. The first-order chi connectivity index (χ1) is 10.1. The van der Waals surface area contributed by atoms with Gasteiger partial charge in [0.25, 0.3) is 0 Å². The maximum atomic E-state index is 14.0. The highest BCUT2D eigenvalue weighted by atomic mass is 32.2. The number of benzene rings is 1. The zero-order valence-corrected chi connectivity index (χ0v) is 13.0. The third kappa shape index (κ3) is 3.95. The van der Waals surface area contributed by atoms with Gasteiger partial charge in [0.05, 0.1) is 4.92 Å². The number of nitrogens with zero attached hydrogens (tertiary/aromatic N) is 1. The van der Waals surface area contributed by atoms with Gasteiger partial charge in [-0.15, -0.1) is 0 Å². The summed E-state index contributed by atoms with van der Waals surface area (Å²) in [6.45, 7) is 1.14. The van der Waals surface area contributed by atoms with Crippen molar-refractivity contribution < 1.29 is 9.31 Å². The van der Waals surface area contributed by atoms with Gasteiger partial charge in [0.2, 0.25) is 5.82 Å². The number of nitro benzene ring substituents is 1. The molecule has 1 aromatic carbocycles. The summed E-state index contributed by atoms with van der Waals surface area (Å²) in [5.74, 6) is -0.725. The molecule has 0 saturated heterocycles. The molecule has 0 atom stereocenters. The molecule has 1 aliphatic rings. The fourth-order valence-electron chi connectivity index (χ4n) is 2.92. The van der Waals surface area contributed by atoms with Gasteiger partial charge in [0, 0.05) is 29.5 Å². The van der Waals surface area contributed by atoms with Crippen LogP contribution in [0.2, 0.25) is 0 Å². The maximum Gasteiger partial charge on any atom is 0.305 e. The first-order valence-electron chi connectivity index (χ1n) is 7.26. The molecule has 0 heterocycles. The van der Waals surface area contributed by atoms with E-state index in [9.17, 15) is 14.5 Å². The minimum atomic E-state index is -0.725. The van der Waals surface area contributed by atoms with Crippen LogP contribution in [0.1, 0.15) is 37.7 Å². The van der Waals surface area contributed by atoms with Crippen molar-refractivity contribution >= 4 is 17.4 Å². The monoisotopic (exact) mass is 312 g/mol. The Morgan fingerprint density at radius 2 is 2.10 bits per heavy atom. The number of hydrogen-bond acceptors (Lipinski definition) is 4. The fraction of sp³-hybridized carbons (Fsp3) is 0.600. The fourth-order valence-corrected chi connectivity index (χ4v) is 3.86. The van der Waals surface area contributed by atoms with E-state index in [4.69, 9.17) is 0 Å². The van der Waals surface area contributed by atoms with E-state index in [1.807, 2.05) is 11.8 Å². The number of thioether (sulfide) groups is 1. The molecule has 0 aliphatic heterocycles. The van der Waals surface area contributed by atoms with Crippen molar-refractivity contribution in [2.75, 3.05) is 12.8 Å². The molecule has 0 unspecified atom stereocenters. The Morgan fingerprint density at radius 1 is 1.38 bits per heavy atom. The second kappa shape index (κ2) is 7.22. The SMILES string of the molecule is CSC1(CNCc2cccc([N+](=O)[O-])c2F)CCCCC1. The molecule has 0 aromatic heterocycles. The van der Waals surface area contributed by atoms with E-state index in [0.717, 1.165) is 6.54 Å². The Morgan fingerprint density at radius 3 is 2.71 bits per heavy atom. The molecule has 1 fully saturated rings. The van der Waals surface area contributed by atoms with Crippen molar-refractivity contribution in [3.63, 3.8) is 0 Å². The van der Waals surface area contributed by atoms with Crippen LogP contribution in [0.5, 0.6) is 0 Å². The van der Waals surface area contributed by atoms with Gasteiger partial charge in [-0.3, -0.25) is 10.1 Å². The van der Waals surface area contributed by atoms with Crippen molar-refractivity contribution in [3.8, 4) is 0 Å². The molecule has 0 amide bonds. The molecule has 6 heteroatoms. The molecular weight excluding hydrogens is 291 g/mol. The highest BCUT2D eigenvalue weighted by Gasteiger charge is 2.30. The second-order valence-corrected chi connectivity index (χ2v) is 6.83. The van der Waals surface area contributed by atoms with E-state index in [1.54, 1.807) is 6.07 Å². The molecule has 0 spiro atoms. The average Bonchev–Trinajstić information content (AvgIpc) is 2.49. The molecule has 0 bridgehead atoms. The van der Waals surface area contributed by atoms with Gasteiger partial charge in [-0.25, -0.2) is 0 Å². The van der Waals surface area contributed by atoms with Crippen molar-refractivity contribution in [1.82, 2.24) is 5.32 Å². The predicted octanol–water partition coefficient (Wildman–Crippen LogP) is 3.89. The van der Waals surface area contributed by atoms with Gasteiger partial charge in [0.1, 0.15) is 0 Å². The highest BCUT2D eigenvalue weighted by molar-refractivity contribution is 8.00. The first kappa shape index (κ1) is 16.2. The van der Waals surface area contributed by atoms with E-state index in [1.165, 1.54) is 44.2 Å². The van der Waals surface area contributed by atoms with Crippen LogP contribution >= 0.6 is 11.8 Å². The molecule has 21 heavy (non-hydrogen) atoms. The molecule has 1 N–H and O–H groups in total. The third-order valence-corrected chi connectivity index (χ3v) is 5.63. The topological polar surface area (TPSA) is 55.2 Å². The molecule has 0 radical (unpaired) electrons. The van der Waals surface area contributed by atoms with Gasteiger partial charge < -0.3 is 5.32 Å². The number of nitrogens with one attached hydrogen (secondary N) is 1. The van der Waals surface area contributed by atoms with Crippen LogP contribution in [0.3, 0.4) is 0 Å². The van der Waals surface area contributed by atoms with Gasteiger partial charge in [-0.05, 0) is 19.1 Å². The lowest BCUT2D eigenvalue weighted by Gasteiger charge is -2.36. The van der Waals surface area contributed by atoms with Crippen molar-refractivity contribution in [1.29, 1.82) is 0 Å². The number of halogens is 1. The summed E-state index contributed by atoms with van der Waals surface area (Å²) in [6.07, 6.45) is 8.27. The van der Waals surface area contributed by atoms with E-state index in [2.05, 4.69) is 11.6 Å². The largest absolute Gasteiger partial charge is 0.311 e. The average molecular weight is 312 g/mol. The Hall–Kier alpha value is -1.14. The predicted molar refractivity (Wildman–Crippen MR) is 84.1 cm³/mol. The summed E-state index contributed by atoms with van der Waals surface area (Å²) in [4.78, 5) is 10.1. The first-order valence-corrected chi connectivity index (χ1v) is 8.48. The lowest BCUT2D eigenvalue weighted by molar-refractivity contribution is -0.387. The number of hydrogen-bond donors (Lipinski definition) is 1. The quantitative estimate of drug-likeness (QED) is 0.639. The molecule has 1 saturated carbocycles. The van der Waals surface area contributed by atoms with Gasteiger partial charge in [-0.1, -0.05) is 31.4 Å². The molecule has 116 valence electrons. The molecule has 2 rings (SSSR count). The zero-order valence-electron chi connectivity index (χ0n) is 12.2. The lowest BCUT2D eigenvalue weighted by atomic mass is 9.88. The Kier molecular flexibility index (Phi) is 5.58. The van der Waals surface area contributed by atoms with Gasteiger partial charge >= 0.3 is 5.69 Å². The van der Waals surface area contributed by atoms with Crippen LogP contribution in [0.4, 0.5) is 10.1 Å². The summed E-state index contributed by atoms with van der Waals surface area (Å²) in [6, 6.07) is 4.33. The van der Waals surface area contributed by atoms with E-state index < -0.39 is 16.4 Å². The van der Waals surface area contributed by atoms with Crippen LogP contribution in [0.25, 0.3) is 0 Å². The molecule has 1 aliphatic carbocycles. The Balaban J connectivity index is 1.97. The van der Waals surface area contributed by atoms with E-state index in [-0.39, 0.29) is 4.75 Å². The van der Waals surface area contributed by atoms with Crippen LogP contribution in [-0.2, 0) is 6.54 Å². The standard InChI is InChI=1S/C15H21FN2O2S/c1-21-15(8-3-2-4-9-15)11-17-10-12-6-5-7-13(14(12)16)18(19)20/h5-7,17H,2-4,8-11H2,1H3. The summed E-state index contributed by atoms with van der Waals surface area (Å²) < 4.78 is 14.2. The molecular formula is C15H21FN2O2S. The van der Waals surface area contributed by atoms with Crippen LogP contribution < -0.4 is 5.32 Å². The van der Waals surface area contributed by atoms with Gasteiger partial charge in [-0.2, -0.15) is 16.2 Å². The second-order valence-electron chi connectivity index (χ2n) is 5.56. The summed E-state index contributed by atoms with van der Waals surface area (Å²) in [5.41, 5.74) is -0.0946. The van der Waals surface area contributed by atoms with E-state index in [0.29, 0.717) is 12.1 Å². The summed E-state index contributed by atoms with van der Waals surface area (Å²) in [7, 11) is 0. The van der Waals surface area contributed by atoms with Crippen LogP contribution in [0.15, 0.2) is 18.2 Å². The zero-order chi connectivity index (χ0) is 15.3. The van der Waals surface area contributed by atoms with Crippen molar-refractivity contribution in [3.05, 3.63) is 39.7 Å². The lowest BCUT2D eigenvalue weighted by Crippen LogP contribution is -2.39. The van der Waals surface area contributed by atoms with E-state index >= 15 is 0 Å². The molecule has 4 nitrogen and oxygen atoms in total. The van der Waals surface area contributed by atoms with Crippen molar-refractivity contribution in [2.24, 2.45) is 0 Å². The summed E-state index contributed by atoms with van der Waals surface area (Å²) in [5, 5.41) is 14.0. The smallest absolute Gasteiger partial charge is 0.305 e. The molecule has 1 aromatic rings. The van der Waals surface area contributed by atoms with Crippen molar-refractivity contribution in [2.45, 2.75) is 43.4 Å². The number of rotatable bonds is 6. The summed E-state index contributed by atoms with van der Waals surface area (Å²) >= 11 is 1.88. The minimum Gasteiger partial charge on any atom is -0.311 e. The van der Waals surface area contributed by atoms with Gasteiger partial charge in [0.15, 0.2) is 0 Å². The Bertz CT molecular complexity index is 504. The maximum absolute atomic E-state index is 14.0. The van der Waals surface area contributed by atoms with Crippen LogP contribution in [0, 0.1) is 15.9 Å².